The van der Waals surface area contributed by atoms with Crippen molar-refractivity contribution in [1.29, 1.82) is 0 Å². The first kappa shape index (κ1) is 35.7. The number of amides is 2. The van der Waals surface area contributed by atoms with E-state index < -0.39 is 18.0 Å². The minimum atomic E-state index is -0.807. The largest absolute Gasteiger partial charge is 0.462 e. The molecule has 258 valence electrons. The summed E-state index contributed by atoms with van der Waals surface area (Å²) in [6, 6.07) is 22.6. The molecule has 2 saturated heterocycles. The van der Waals surface area contributed by atoms with E-state index in [2.05, 4.69) is 39.4 Å². The molecule has 11 nitrogen and oxygen atoms in total. The molecule has 0 bridgehead atoms. The highest BCUT2D eigenvalue weighted by Gasteiger charge is 2.44. The standard InChI is InChI=1S/C37H43N5O6S/c1-3-47-35(45)28-11-15-30(16-12-28)38-33(43)25-32-34(44)42(31-17-13-29(14-18-31)36(46)48-4-2)37(49)41(32)20-8-19-39-21-23-40(24-22-39)26-27-9-6-5-7-10-27/h5-7,9-18,32H,3-4,8,19-26H2,1-2H3,(H,38,43)/t32-/m1/s1. The number of carbonyl (C=O) groups excluding carboxylic acids is 4. The molecule has 0 radical (unpaired) electrons. The number of thiocarbonyl (C=S) groups is 1. The van der Waals surface area contributed by atoms with E-state index >= 15 is 0 Å². The number of nitrogens with one attached hydrogen (secondary N) is 1. The van der Waals surface area contributed by atoms with E-state index in [1.54, 1.807) is 62.4 Å². The summed E-state index contributed by atoms with van der Waals surface area (Å²) >= 11 is 5.86. The maximum Gasteiger partial charge on any atom is 0.338 e. The second-order valence-corrected chi connectivity index (χ2v) is 12.3. The molecule has 0 spiro atoms. The first-order valence-corrected chi connectivity index (χ1v) is 17.2. The Morgan fingerprint density at radius 1 is 0.776 bits per heavy atom. The van der Waals surface area contributed by atoms with Crippen LogP contribution in [0.3, 0.4) is 0 Å². The van der Waals surface area contributed by atoms with Crippen molar-refractivity contribution in [2.24, 2.45) is 0 Å². The minimum Gasteiger partial charge on any atom is -0.462 e. The molecule has 1 N–H and O–H groups in total. The van der Waals surface area contributed by atoms with Gasteiger partial charge in [0.25, 0.3) is 5.91 Å². The number of anilines is 2. The fourth-order valence-corrected chi connectivity index (χ4v) is 6.47. The maximum atomic E-state index is 13.9. The van der Waals surface area contributed by atoms with Gasteiger partial charge in [-0.1, -0.05) is 30.3 Å². The Bertz CT molecular complexity index is 1610. The maximum absolute atomic E-state index is 13.9. The second kappa shape index (κ2) is 17.1. The summed E-state index contributed by atoms with van der Waals surface area (Å²) in [5.74, 6) is -1.55. The van der Waals surface area contributed by atoms with Gasteiger partial charge in [-0.15, -0.1) is 0 Å². The van der Waals surface area contributed by atoms with Gasteiger partial charge >= 0.3 is 11.9 Å². The molecule has 49 heavy (non-hydrogen) atoms. The van der Waals surface area contributed by atoms with E-state index in [-0.39, 0.29) is 31.4 Å². The van der Waals surface area contributed by atoms with Gasteiger partial charge in [0.2, 0.25) is 5.91 Å². The fourth-order valence-electron chi connectivity index (χ4n) is 6.06. The molecular formula is C37H43N5O6S. The van der Waals surface area contributed by atoms with Gasteiger partial charge in [-0.2, -0.15) is 0 Å². The van der Waals surface area contributed by atoms with Crippen molar-refractivity contribution in [3.05, 3.63) is 95.6 Å². The number of hydrogen-bond donors (Lipinski definition) is 1. The summed E-state index contributed by atoms with van der Waals surface area (Å²) in [4.78, 5) is 59.6. The van der Waals surface area contributed by atoms with Crippen LogP contribution < -0.4 is 10.2 Å². The molecule has 2 fully saturated rings. The summed E-state index contributed by atoms with van der Waals surface area (Å²) in [5, 5.41) is 3.16. The van der Waals surface area contributed by atoms with E-state index in [1.165, 1.54) is 10.5 Å². The molecule has 0 unspecified atom stereocenters. The van der Waals surface area contributed by atoms with Crippen LogP contribution in [0.25, 0.3) is 0 Å². The fraction of sp³-hybridized carbons (Fsp3) is 0.378. The third kappa shape index (κ3) is 9.28. The summed E-state index contributed by atoms with van der Waals surface area (Å²) in [7, 11) is 0. The Labute approximate surface area is 292 Å². The highest BCUT2D eigenvalue weighted by atomic mass is 32.1. The quantitative estimate of drug-likeness (QED) is 0.191. The van der Waals surface area contributed by atoms with Crippen molar-refractivity contribution in [2.75, 3.05) is 62.7 Å². The van der Waals surface area contributed by atoms with Crippen LogP contribution in [0.1, 0.15) is 53.0 Å². The lowest BCUT2D eigenvalue weighted by Gasteiger charge is -2.35. The van der Waals surface area contributed by atoms with Gasteiger partial charge in [0.1, 0.15) is 6.04 Å². The van der Waals surface area contributed by atoms with Crippen LogP contribution in [0.15, 0.2) is 78.9 Å². The molecule has 0 aromatic heterocycles. The van der Waals surface area contributed by atoms with Crippen LogP contribution in [0.2, 0.25) is 0 Å². The Morgan fingerprint density at radius 3 is 1.94 bits per heavy atom. The van der Waals surface area contributed by atoms with Gasteiger partial charge < -0.3 is 24.6 Å². The zero-order valence-electron chi connectivity index (χ0n) is 28.0. The smallest absolute Gasteiger partial charge is 0.338 e. The average molecular weight is 686 g/mol. The Kier molecular flexibility index (Phi) is 12.5. The summed E-state index contributed by atoms with van der Waals surface area (Å²) < 4.78 is 10.1. The number of esters is 2. The van der Waals surface area contributed by atoms with Gasteiger partial charge in [-0.05, 0) is 93.1 Å². The number of ether oxygens (including phenoxy) is 2. The Balaban J connectivity index is 1.23. The van der Waals surface area contributed by atoms with E-state index in [1.807, 2.05) is 11.0 Å². The van der Waals surface area contributed by atoms with Crippen LogP contribution in [0.5, 0.6) is 0 Å². The van der Waals surface area contributed by atoms with Crippen molar-refractivity contribution in [1.82, 2.24) is 14.7 Å². The van der Waals surface area contributed by atoms with Crippen LogP contribution in [0.4, 0.5) is 11.4 Å². The van der Waals surface area contributed by atoms with Gasteiger partial charge in [0, 0.05) is 45.0 Å². The molecule has 1 atom stereocenters. The van der Waals surface area contributed by atoms with Gasteiger partial charge in [0.05, 0.1) is 36.4 Å². The first-order valence-electron chi connectivity index (χ1n) is 16.7. The Morgan fingerprint density at radius 2 is 1.35 bits per heavy atom. The van der Waals surface area contributed by atoms with Gasteiger partial charge in [0.15, 0.2) is 5.11 Å². The lowest BCUT2D eigenvalue weighted by molar-refractivity contribution is -0.124. The van der Waals surface area contributed by atoms with Crippen LogP contribution in [-0.2, 0) is 25.6 Å². The Hall–Kier alpha value is -4.65. The van der Waals surface area contributed by atoms with Crippen molar-refractivity contribution < 1.29 is 28.7 Å². The van der Waals surface area contributed by atoms with Gasteiger partial charge in [-0.25, -0.2) is 9.59 Å². The zero-order valence-corrected chi connectivity index (χ0v) is 28.8. The lowest BCUT2D eigenvalue weighted by atomic mass is 10.1. The molecule has 0 aliphatic carbocycles. The molecule has 5 rings (SSSR count). The van der Waals surface area contributed by atoms with E-state index in [9.17, 15) is 19.2 Å². The molecule has 2 amide bonds. The normalized spacial score (nSPS) is 16.9. The zero-order chi connectivity index (χ0) is 34.8. The molecule has 3 aromatic rings. The molecule has 0 saturated carbocycles. The predicted molar refractivity (Wildman–Crippen MR) is 191 cm³/mol. The van der Waals surface area contributed by atoms with E-state index in [0.717, 1.165) is 45.7 Å². The topological polar surface area (TPSA) is 112 Å². The predicted octanol–water partition coefficient (Wildman–Crippen LogP) is 4.58. The third-order valence-electron chi connectivity index (χ3n) is 8.60. The highest BCUT2D eigenvalue weighted by molar-refractivity contribution is 7.80. The number of piperazine rings is 1. The molecular weight excluding hydrogens is 643 g/mol. The van der Waals surface area contributed by atoms with E-state index in [0.29, 0.717) is 34.2 Å². The number of hydrogen-bond acceptors (Lipinski definition) is 9. The second-order valence-electron chi connectivity index (χ2n) is 11.9. The summed E-state index contributed by atoms with van der Waals surface area (Å²) in [5.41, 5.74) is 3.07. The van der Waals surface area contributed by atoms with Crippen molar-refractivity contribution >= 4 is 52.5 Å². The number of rotatable bonds is 14. The number of nitrogens with zero attached hydrogens (tertiary/aromatic N) is 4. The number of benzene rings is 3. The van der Waals surface area contributed by atoms with Crippen molar-refractivity contribution in [2.45, 2.75) is 39.3 Å². The lowest BCUT2D eigenvalue weighted by Crippen LogP contribution is -2.47. The van der Waals surface area contributed by atoms with Crippen molar-refractivity contribution in [3.8, 4) is 0 Å². The highest BCUT2D eigenvalue weighted by Crippen LogP contribution is 2.28. The monoisotopic (exact) mass is 685 g/mol. The van der Waals surface area contributed by atoms with E-state index in [4.69, 9.17) is 21.7 Å². The average Bonchev–Trinajstić information content (AvgIpc) is 3.33. The molecule has 2 heterocycles. The summed E-state index contributed by atoms with van der Waals surface area (Å²) in [6.07, 6.45) is 0.642. The summed E-state index contributed by atoms with van der Waals surface area (Å²) in [6.45, 7) is 10.1. The van der Waals surface area contributed by atoms with Crippen LogP contribution in [-0.4, -0.2) is 102 Å². The molecule has 12 heteroatoms. The molecule has 2 aliphatic rings. The third-order valence-corrected chi connectivity index (χ3v) is 9.02. The minimum absolute atomic E-state index is 0.117. The number of carbonyl (C=O) groups is 4. The van der Waals surface area contributed by atoms with Crippen LogP contribution >= 0.6 is 12.2 Å². The van der Waals surface area contributed by atoms with Gasteiger partial charge in [-0.3, -0.25) is 19.4 Å². The van der Waals surface area contributed by atoms with Crippen molar-refractivity contribution in [3.63, 3.8) is 0 Å². The van der Waals surface area contributed by atoms with Crippen LogP contribution in [0, 0.1) is 0 Å². The molecule has 2 aliphatic heterocycles. The SMILES string of the molecule is CCOC(=O)c1ccc(NC(=O)C[C@@H]2C(=O)N(c3ccc(C(=O)OCC)cc3)C(=S)N2CCCN2CCN(Cc3ccccc3)CC2)cc1. The molecule has 3 aromatic carbocycles. The first-order chi connectivity index (χ1) is 23.8.